The van der Waals surface area contributed by atoms with Gasteiger partial charge in [-0.05, 0) is 25.7 Å². The van der Waals surface area contributed by atoms with E-state index in [0.717, 1.165) is 23.9 Å². The maximum atomic E-state index is 4.36. The van der Waals surface area contributed by atoms with Crippen molar-refractivity contribution in [1.29, 1.82) is 0 Å². The van der Waals surface area contributed by atoms with Gasteiger partial charge in [-0.25, -0.2) is 0 Å². The fourth-order valence-corrected chi connectivity index (χ4v) is 1.81. The van der Waals surface area contributed by atoms with Gasteiger partial charge in [0, 0.05) is 25.0 Å². The van der Waals surface area contributed by atoms with Gasteiger partial charge in [0.2, 0.25) is 0 Å². The summed E-state index contributed by atoms with van der Waals surface area (Å²) in [6.45, 7) is 9.59. The van der Waals surface area contributed by atoms with E-state index in [1.807, 2.05) is 19.3 Å². The van der Waals surface area contributed by atoms with Crippen LogP contribution >= 0.6 is 0 Å². The zero-order valence-electron chi connectivity index (χ0n) is 11.5. The molecule has 0 spiro atoms. The maximum absolute atomic E-state index is 4.36. The van der Waals surface area contributed by atoms with Crippen molar-refractivity contribution < 1.29 is 0 Å². The Morgan fingerprint density at radius 1 is 1.18 bits per heavy atom. The molecule has 2 unspecified atom stereocenters. The van der Waals surface area contributed by atoms with Crippen LogP contribution in [0.3, 0.4) is 0 Å². The van der Waals surface area contributed by atoms with E-state index in [-0.39, 0.29) is 0 Å². The van der Waals surface area contributed by atoms with Gasteiger partial charge < -0.3 is 5.32 Å². The molecular weight excluding hydrogens is 210 g/mol. The van der Waals surface area contributed by atoms with Crippen LogP contribution in [0.25, 0.3) is 0 Å². The molecule has 2 atom stereocenters. The summed E-state index contributed by atoms with van der Waals surface area (Å²) in [5.74, 6) is 0.788. The van der Waals surface area contributed by atoms with Crippen molar-refractivity contribution >= 4 is 0 Å². The van der Waals surface area contributed by atoms with E-state index in [9.17, 15) is 0 Å². The van der Waals surface area contributed by atoms with Gasteiger partial charge in [0.25, 0.3) is 0 Å². The minimum absolute atomic E-state index is 0.591. The zero-order valence-corrected chi connectivity index (χ0v) is 11.5. The molecule has 3 nitrogen and oxygen atoms in total. The van der Waals surface area contributed by atoms with E-state index < -0.39 is 0 Å². The molecule has 0 aliphatic heterocycles. The van der Waals surface area contributed by atoms with E-state index in [1.165, 1.54) is 19.3 Å². The first-order valence-electron chi connectivity index (χ1n) is 6.66. The van der Waals surface area contributed by atoms with Crippen molar-refractivity contribution in [2.75, 3.05) is 0 Å². The van der Waals surface area contributed by atoms with E-state index in [4.69, 9.17) is 0 Å². The van der Waals surface area contributed by atoms with Gasteiger partial charge in [0.05, 0.1) is 11.4 Å². The van der Waals surface area contributed by atoms with Crippen LogP contribution in [-0.2, 0) is 6.54 Å². The van der Waals surface area contributed by atoms with E-state index >= 15 is 0 Å². The third kappa shape index (κ3) is 5.26. The fraction of sp³-hybridized carbons (Fsp3) is 0.714. The van der Waals surface area contributed by atoms with Crippen LogP contribution in [0.1, 0.15) is 51.4 Å². The van der Waals surface area contributed by atoms with E-state index in [0.29, 0.717) is 6.04 Å². The smallest absolute Gasteiger partial charge is 0.0724 e. The Kier molecular flexibility index (Phi) is 6.12. The Labute approximate surface area is 105 Å². The zero-order chi connectivity index (χ0) is 12.7. The van der Waals surface area contributed by atoms with Gasteiger partial charge in [0.15, 0.2) is 0 Å². The number of aromatic nitrogens is 2. The van der Waals surface area contributed by atoms with Crippen LogP contribution in [0.15, 0.2) is 12.4 Å². The third-order valence-electron chi connectivity index (χ3n) is 3.28. The lowest BCUT2D eigenvalue weighted by molar-refractivity contribution is 0.382. The van der Waals surface area contributed by atoms with Gasteiger partial charge in [0.1, 0.15) is 0 Å². The summed E-state index contributed by atoms with van der Waals surface area (Å²) in [4.78, 5) is 8.62. The lowest BCUT2D eigenvalue weighted by Crippen LogP contribution is -2.30. The van der Waals surface area contributed by atoms with Crippen molar-refractivity contribution in [3.05, 3.63) is 23.8 Å². The van der Waals surface area contributed by atoms with Crippen molar-refractivity contribution in [2.24, 2.45) is 5.92 Å². The molecular formula is C14H25N3. The molecule has 3 heteroatoms. The van der Waals surface area contributed by atoms with Crippen molar-refractivity contribution in [3.8, 4) is 0 Å². The van der Waals surface area contributed by atoms with E-state index in [1.54, 1.807) is 0 Å². The Hall–Kier alpha value is -0.960. The number of hydrogen-bond acceptors (Lipinski definition) is 3. The quantitative estimate of drug-likeness (QED) is 0.789. The second kappa shape index (κ2) is 7.38. The summed E-state index contributed by atoms with van der Waals surface area (Å²) in [7, 11) is 0. The summed E-state index contributed by atoms with van der Waals surface area (Å²) < 4.78 is 0. The average Bonchev–Trinajstić information content (AvgIpc) is 2.36. The number of rotatable bonds is 7. The van der Waals surface area contributed by atoms with Gasteiger partial charge in [-0.2, -0.15) is 0 Å². The van der Waals surface area contributed by atoms with Gasteiger partial charge in [-0.3, -0.25) is 9.97 Å². The topological polar surface area (TPSA) is 37.8 Å². The Bertz CT molecular complexity index is 308. The molecule has 0 bridgehead atoms. The molecule has 0 saturated carbocycles. The summed E-state index contributed by atoms with van der Waals surface area (Å²) >= 11 is 0. The standard InChI is InChI=1S/C14H25N3/c1-5-11(3)7-13(6-2)17-10-14-9-15-12(4)8-16-14/h8-9,11,13,17H,5-7,10H2,1-4H3. The second-order valence-corrected chi connectivity index (χ2v) is 4.88. The van der Waals surface area contributed by atoms with Crippen LogP contribution in [-0.4, -0.2) is 16.0 Å². The predicted octanol–water partition coefficient (Wildman–Crippen LogP) is 3.09. The summed E-state index contributed by atoms with van der Waals surface area (Å²) in [5, 5.41) is 3.57. The first kappa shape index (κ1) is 14.1. The van der Waals surface area contributed by atoms with Crippen LogP contribution in [0.2, 0.25) is 0 Å². The molecule has 1 heterocycles. The third-order valence-corrected chi connectivity index (χ3v) is 3.28. The molecule has 0 aliphatic rings. The number of nitrogens with one attached hydrogen (secondary N) is 1. The molecule has 1 aromatic rings. The minimum atomic E-state index is 0.591. The molecule has 1 N–H and O–H groups in total. The Morgan fingerprint density at radius 3 is 2.47 bits per heavy atom. The van der Waals surface area contributed by atoms with Gasteiger partial charge in [-0.1, -0.05) is 27.2 Å². The van der Waals surface area contributed by atoms with E-state index in [2.05, 4.69) is 36.1 Å². The summed E-state index contributed by atoms with van der Waals surface area (Å²) in [5.41, 5.74) is 2.00. The summed E-state index contributed by atoms with van der Waals surface area (Å²) in [6, 6.07) is 0.591. The molecule has 0 radical (unpaired) electrons. The maximum Gasteiger partial charge on any atom is 0.0724 e. The minimum Gasteiger partial charge on any atom is -0.308 e. The predicted molar refractivity (Wildman–Crippen MR) is 71.8 cm³/mol. The molecule has 0 aromatic carbocycles. The average molecular weight is 235 g/mol. The first-order valence-corrected chi connectivity index (χ1v) is 6.66. The monoisotopic (exact) mass is 235 g/mol. The largest absolute Gasteiger partial charge is 0.308 e. The molecule has 17 heavy (non-hydrogen) atoms. The highest BCUT2D eigenvalue weighted by Gasteiger charge is 2.10. The normalized spacial score (nSPS) is 14.6. The first-order chi connectivity index (χ1) is 8.15. The highest BCUT2D eigenvalue weighted by Crippen LogP contribution is 2.12. The molecule has 0 amide bonds. The molecule has 96 valence electrons. The SMILES string of the molecule is CCC(C)CC(CC)NCc1cnc(C)cn1. The van der Waals surface area contributed by atoms with Crippen LogP contribution < -0.4 is 5.32 Å². The van der Waals surface area contributed by atoms with Gasteiger partial charge >= 0.3 is 0 Å². The summed E-state index contributed by atoms with van der Waals surface area (Å²) in [6.07, 6.45) is 7.35. The van der Waals surface area contributed by atoms with Crippen LogP contribution in [0.5, 0.6) is 0 Å². The fourth-order valence-electron chi connectivity index (χ4n) is 1.81. The van der Waals surface area contributed by atoms with Crippen molar-refractivity contribution in [3.63, 3.8) is 0 Å². The lowest BCUT2D eigenvalue weighted by atomic mass is 9.98. The van der Waals surface area contributed by atoms with Crippen molar-refractivity contribution in [1.82, 2.24) is 15.3 Å². The molecule has 1 rings (SSSR count). The Morgan fingerprint density at radius 2 is 1.94 bits per heavy atom. The molecule has 0 saturated heterocycles. The molecule has 0 aliphatic carbocycles. The highest BCUT2D eigenvalue weighted by molar-refractivity contribution is 5.00. The van der Waals surface area contributed by atoms with Crippen LogP contribution in [0, 0.1) is 12.8 Å². The molecule has 1 aromatic heterocycles. The second-order valence-electron chi connectivity index (χ2n) is 4.88. The highest BCUT2D eigenvalue weighted by atomic mass is 14.9. The van der Waals surface area contributed by atoms with Gasteiger partial charge in [-0.15, -0.1) is 0 Å². The Balaban J connectivity index is 2.39. The number of aryl methyl sites for hydroxylation is 1. The van der Waals surface area contributed by atoms with Crippen molar-refractivity contribution in [2.45, 2.75) is 59.5 Å². The number of nitrogens with zero attached hydrogens (tertiary/aromatic N) is 2. The molecule has 0 fully saturated rings. The number of hydrogen-bond donors (Lipinski definition) is 1. The lowest BCUT2D eigenvalue weighted by Gasteiger charge is -2.20. The van der Waals surface area contributed by atoms with Crippen LogP contribution in [0.4, 0.5) is 0 Å².